The maximum atomic E-state index is 14.2. The Morgan fingerprint density at radius 3 is 2.64 bits per heavy atom. The van der Waals surface area contributed by atoms with E-state index in [2.05, 4.69) is 49.8 Å². The summed E-state index contributed by atoms with van der Waals surface area (Å²) < 4.78 is 1.78. The Kier molecular flexibility index (Phi) is 5.74. The summed E-state index contributed by atoms with van der Waals surface area (Å²) in [6, 6.07) is 15.6. The summed E-state index contributed by atoms with van der Waals surface area (Å²) in [4.78, 5) is 25.5. The van der Waals surface area contributed by atoms with E-state index < -0.39 is 0 Å². The van der Waals surface area contributed by atoms with Gasteiger partial charge in [0.2, 0.25) is 0 Å². The van der Waals surface area contributed by atoms with Gasteiger partial charge >= 0.3 is 0 Å². The number of nitrogens with one attached hydrogen (secondary N) is 3. The van der Waals surface area contributed by atoms with Crippen molar-refractivity contribution in [2.45, 2.75) is 69.5 Å². The molecule has 0 spiro atoms. The van der Waals surface area contributed by atoms with Crippen molar-refractivity contribution >= 4 is 10.9 Å². The molecule has 9 rings (SSSR count). The summed E-state index contributed by atoms with van der Waals surface area (Å²) in [5.41, 5.74) is 9.35. The van der Waals surface area contributed by atoms with E-state index in [0.29, 0.717) is 40.8 Å². The number of fused-ring (bicyclic) bond motifs is 3. The van der Waals surface area contributed by atoms with Crippen LogP contribution in [-0.2, 0) is 6.54 Å². The molecule has 0 amide bonds. The molecule has 5 aromatic rings. The van der Waals surface area contributed by atoms with Crippen LogP contribution in [0.5, 0.6) is 0 Å². The fourth-order valence-corrected chi connectivity index (χ4v) is 7.42. The molecule has 2 aliphatic heterocycles. The smallest absolute Gasteiger partial charge is 0.280 e. The predicted octanol–water partition coefficient (Wildman–Crippen LogP) is 5.25. The number of H-pyrrole nitrogens is 2. The van der Waals surface area contributed by atoms with E-state index in [1.807, 2.05) is 31.2 Å². The van der Waals surface area contributed by atoms with Gasteiger partial charge in [0.15, 0.2) is 0 Å². The normalized spacial score (nSPS) is 21.4. The van der Waals surface area contributed by atoms with Crippen LogP contribution in [0.25, 0.3) is 39.1 Å². The highest BCUT2D eigenvalue weighted by Gasteiger charge is 2.37. The van der Waals surface area contributed by atoms with Gasteiger partial charge in [-0.05, 0) is 97.5 Å². The molecule has 2 saturated heterocycles. The Hall–Kier alpha value is -4.52. The van der Waals surface area contributed by atoms with Crippen LogP contribution < -0.4 is 10.9 Å². The number of aromatic nitrogens is 5. The number of nitrogens with zero attached hydrogens (tertiary/aromatic N) is 5. The lowest BCUT2D eigenvalue weighted by Crippen LogP contribution is -2.43. The monoisotopic (exact) mass is 582 g/mol. The van der Waals surface area contributed by atoms with Crippen molar-refractivity contribution in [3.8, 4) is 34.3 Å². The van der Waals surface area contributed by atoms with Gasteiger partial charge in [0, 0.05) is 66.2 Å². The molecular formula is C35H34N8O. The van der Waals surface area contributed by atoms with E-state index >= 15 is 0 Å². The summed E-state index contributed by atoms with van der Waals surface area (Å²) in [6.45, 7) is 4.97. The second kappa shape index (κ2) is 9.74. The Morgan fingerprint density at radius 2 is 1.93 bits per heavy atom. The second-order valence-corrected chi connectivity index (χ2v) is 13.3. The van der Waals surface area contributed by atoms with Crippen molar-refractivity contribution in [3.05, 3.63) is 87.2 Å². The third-order valence-corrected chi connectivity index (χ3v) is 10.1. The highest BCUT2D eigenvalue weighted by Crippen LogP contribution is 2.44. The SMILES string of the molecule is Cc1cn[nH]c1-c1cc(C#N)ccc1-c1cc(C2CC2)nc(-n2cc(C3CC3)c3cc(CN4CC5CC4CN5)[nH]c3c2=O)c1. The lowest BCUT2D eigenvalue weighted by Gasteiger charge is -2.26. The number of rotatable bonds is 7. The number of hydrogen-bond acceptors (Lipinski definition) is 6. The highest BCUT2D eigenvalue weighted by molar-refractivity contribution is 5.86. The first kappa shape index (κ1) is 25.9. The van der Waals surface area contributed by atoms with E-state index in [1.54, 1.807) is 10.8 Å². The van der Waals surface area contributed by atoms with Crippen LogP contribution in [0.1, 0.15) is 72.0 Å². The van der Waals surface area contributed by atoms with E-state index in [1.165, 1.54) is 12.0 Å². The second-order valence-electron chi connectivity index (χ2n) is 13.3. The predicted molar refractivity (Wildman–Crippen MR) is 169 cm³/mol. The van der Waals surface area contributed by atoms with Gasteiger partial charge in [-0.1, -0.05) is 6.07 Å². The molecule has 0 radical (unpaired) electrons. The van der Waals surface area contributed by atoms with Crippen LogP contribution in [0.2, 0.25) is 0 Å². The van der Waals surface area contributed by atoms with Gasteiger partial charge in [0.1, 0.15) is 11.3 Å². The van der Waals surface area contributed by atoms with Gasteiger partial charge < -0.3 is 10.3 Å². The maximum absolute atomic E-state index is 14.2. The third-order valence-electron chi connectivity index (χ3n) is 10.1. The van der Waals surface area contributed by atoms with Crippen molar-refractivity contribution in [2.75, 3.05) is 13.1 Å². The van der Waals surface area contributed by atoms with Crippen LogP contribution in [0.3, 0.4) is 0 Å². The number of pyridine rings is 2. The number of nitriles is 1. The number of hydrogen-bond donors (Lipinski definition) is 3. The van der Waals surface area contributed by atoms with Gasteiger partial charge in [0.05, 0.1) is 23.5 Å². The fraction of sp³-hybridized carbons (Fsp3) is 0.371. The lowest BCUT2D eigenvalue weighted by molar-refractivity contribution is 0.216. The van der Waals surface area contributed by atoms with Gasteiger partial charge in [0.25, 0.3) is 5.56 Å². The van der Waals surface area contributed by atoms with Crippen LogP contribution in [0, 0.1) is 18.3 Å². The van der Waals surface area contributed by atoms with Crippen molar-refractivity contribution in [1.29, 1.82) is 5.26 Å². The van der Waals surface area contributed by atoms with Gasteiger partial charge in [-0.25, -0.2) is 4.98 Å². The summed E-state index contributed by atoms with van der Waals surface area (Å²) in [7, 11) is 0. The number of benzene rings is 1. The van der Waals surface area contributed by atoms with Crippen LogP contribution in [-0.4, -0.2) is 54.8 Å². The van der Waals surface area contributed by atoms with E-state index in [0.717, 1.165) is 90.0 Å². The first-order valence-corrected chi connectivity index (χ1v) is 15.8. The molecule has 220 valence electrons. The Balaban J connectivity index is 1.19. The van der Waals surface area contributed by atoms with Crippen molar-refractivity contribution in [1.82, 2.24) is 34.9 Å². The van der Waals surface area contributed by atoms with Crippen molar-refractivity contribution in [2.24, 2.45) is 0 Å². The molecule has 1 aromatic carbocycles. The number of likely N-dealkylation sites (tertiary alicyclic amines) is 1. The summed E-state index contributed by atoms with van der Waals surface area (Å²) in [6.07, 6.45) is 9.57. The molecule has 3 N–H and O–H groups in total. The molecule has 9 heteroatoms. The average molecular weight is 583 g/mol. The summed E-state index contributed by atoms with van der Waals surface area (Å²) in [5, 5.41) is 21.7. The molecule has 2 unspecified atom stereocenters. The Bertz CT molecular complexity index is 2050. The van der Waals surface area contributed by atoms with Crippen LogP contribution in [0.4, 0.5) is 0 Å². The molecule has 6 heterocycles. The Labute approximate surface area is 254 Å². The molecule has 9 nitrogen and oxygen atoms in total. The zero-order valence-electron chi connectivity index (χ0n) is 24.7. The fourth-order valence-electron chi connectivity index (χ4n) is 7.42. The quantitative estimate of drug-likeness (QED) is 0.241. The largest absolute Gasteiger partial charge is 0.353 e. The maximum Gasteiger partial charge on any atom is 0.280 e. The Morgan fingerprint density at radius 1 is 1.07 bits per heavy atom. The molecule has 4 aliphatic rings. The molecule has 2 saturated carbocycles. The van der Waals surface area contributed by atoms with E-state index in [9.17, 15) is 10.1 Å². The third kappa shape index (κ3) is 4.32. The molecule has 2 atom stereocenters. The van der Waals surface area contributed by atoms with Crippen LogP contribution in [0.15, 0.2) is 53.6 Å². The standard InChI is InChI=1S/C35H34N8O/c1-19-14-38-41-33(19)28-8-20(13-36)2-7-27(28)23-9-31(22-5-6-22)40-32(10-23)43-18-30(21-3-4-21)29-12-25(39-34(29)35(43)44)17-42-16-24-11-26(42)15-37-24/h2,7-10,12,14,18,21-22,24,26,37,39H,3-6,11,15-17H2,1H3,(H,38,41). The number of aromatic amines is 2. The zero-order valence-corrected chi connectivity index (χ0v) is 24.7. The van der Waals surface area contributed by atoms with Crippen molar-refractivity contribution in [3.63, 3.8) is 0 Å². The number of piperazine rings is 1. The number of aryl methyl sites for hydroxylation is 1. The molecular weight excluding hydrogens is 548 g/mol. The van der Waals surface area contributed by atoms with E-state index in [-0.39, 0.29) is 5.56 Å². The first-order chi connectivity index (χ1) is 21.5. The van der Waals surface area contributed by atoms with Gasteiger partial charge in [-0.15, -0.1) is 0 Å². The summed E-state index contributed by atoms with van der Waals surface area (Å²) >= 11 is 0. The highest BCUT2D eigenvalue weighted by atomic mass is 16.1. The minimum absolute atomic E-state index is 0.0591. The lowest BCUT2D eigenvalue weighted by atomic mass is 9.94. The zero-order chi connectivity index (χ0) is 29.5. The molecule has 4 fully saturated rings. The van der Waals surface area contributed by atoms with Crippen molar-refractivity contribution < 1.29 is 0 Å². The molecule has 2 bridgehead atoms. The van der Waals surface area contributed by atoms with Gasteiger partial charge in [-0.2, -0.15) is 10.4 Å². The minimum Gasteiger partial charge on any atom is -0.353 e. The first-order valence-electron chi connectivity index (χ1n) is 15.8. The van der Waals surface area contributed by atoms with E-state index in [4.69, 9.17) is 4.98 Å². The molecule has 2 aliphatic carbocycles. The topological polar surface area (TPSA) is 118 Å². The summed E-state index contributed by atoms with van der Waals surface area (Å²) in [5.74, 6) is 1.52. The average Bonchev–Trinajstić information content (AvgIpc) is 3.89. The van der Waals surface area contributed by atoms with Crippen LogP contribution >= 0.6 is 0 Å². The molecule has 4 aromatic heterocycles. The molecule has 44 heavy (non-hydrogen) atoms. The minimum atomic E-state index is -0.0591. The van der Waals surface area contributed by atoms with Gasteiger partial charge in [-0.3, -0.25) is 19.4 Å².